The molecule has 0 radical (unpaired) electrons. The SMILES string of the molecule is Cc1ccc(OCCCCCCNCCCN(C)/C=C\N)cc1. The Labute approximate surface area is 141 Å². The molecule has 0 atom stereocenters. The summed E-state index contributed by atoms with van der Waals surface area (Å²) in [5, 5.41) is 3.49. The molecule has 1 rings (SSSR count). The monoisotopic (exact) mass is 319 g/mol. The van der Waals surface area contributed by atoms with Crippen molar-refractivity contribution in [3.8, 4) is 5.75 Å². The standard InChI is InChI=1S/C19H33N3O/c1-18-8-10-19(11-9-18)23-17-6-4-3-5-13-21-14-7-15-22(2)16-12-20/h8-12,16,21H,3-7,13-15,17,20H2,1-2H3/b16-12-. The molecule has 0 amide bonds. The molecule has 130 valence electrons. The van der Waals surface area contributed by atoms with Crippen molar-refractivity contribution in [1.82, 2.24) is 10.2 Å². The van der Waals surface area contributed by atoms with E-state index in [1.165, 1.54) is 24.8 Å². The number of ether oxygens (including phenoxy) is 1. The molecule has 4 heteroatoms. The van der Waals surface area contributed by atoms with E-state index in [1.54, 1.807) is 6.20 Å². The van der Waals surface area contributed by atoms with Gasteiger partial charge in [0, 0.05) is 26.0 Å². The molecule has 0 aliphatic carbocycles. The van der Waals surface area contributed by atoms with Crippen LogP contribution in [0.3, 0.4) is 0 Å². The minimum atomic E-state index is 0.817. The first-order valence-corrected chi connectivity index (χ1v) is 8.71. The predicted molar refractivity (Wildman–Crippen MR) is 98.6 cm³/mol. The van der Waals surface area contributed by atoms with E-state index in [0.717, 1.165) is 44.8 Å². The summed E-state index contributed by atoms with van der Waals surface area (Å²) in [6.45, 7) is 6.12. The smallest absolute Gasteiger partial charge is 0.119 e. The van der Waals surface area contributed by atoms with E-state index in [-0.39, 0.29) is 0 Å². The van der Waals surface area contributed by atoms with Gasteiger partial charge in [-0.05, 0) is 51.4 Å². The van der Waals surface area contributed by atoms with E-state index in [4.69, 9.17) is 10.5 Å². The molecule has 1 aromatic carbocycles. The van der Waals surface area contributed by atoms with Gasteiger partial charge in [-0.3, -0.25) is 0 Å². The van der Waals surface area contributed by atoms with Crippen LogP contribution < -0.4 is 15.8 Å². The van der Waals surface area contributed by atoms with Gasteiger partial charge in [0.05, 0.1) is 6.61 Å². The summed E-state index contributed by atoms with van der Waals surface area (Å²) >= 11 is 0. The van der Waals surface area contributed by atoms with Crippen molar-refractivity contribution in [3.05, 3.63) is 42.2 Å². The first-order valence-electron chi connectivity index (χ1n) is 8.71. The lowest BCUT2D eigenvalue weighted by molar-refractivity contribution is 0.304. The van der Waals surface area contributed by atoms with Crippen molar-refractivity contribution in [2.75, 3.05) is 33.3 Å². The highest BCUT2D eigenvalue weighted by atomic mass is 16.5. The maximum atomic E-state index is 5.73. The molecule has 0 heterocycles. The molecule has 1 aromatic rings. The van der Waals surface area contributed by atoms with E-state index in [9.17, 15) is 0 Å². The van der Waals surface area contributed by atoms with Gasteiger partial charge in [0.1, 0.15) is 5.75 Å². The average molecular weight is 319 g/mol. The summed E-state index contributed by atoms with van der Waals surface area (Å²) in [6.07, 6.45) is 9.49. The van der Waals surface area contributed by atoms with Crippen LogP contribution in [0.15, 0.2) is 36.7 Å². The number of unbranched alkanes of at least 4 members (excludes halogenated alkanes) is 3. The number of nitrogens with two attached hydrogens (primary N) is 1. The van der Waals surface area contributed by atoms with Crippen LogP contribution in [0, 0.1) is 6.92 Å². The fourth-order valence-electron chi connectivity index (χ4n) is 2.33. The van der Waals surface area contributed by atoms with Crippen LogP contribution in [-0.4, -0.2) is 38.2 Å². The van der Waals surface area contributed by atoms with Crippen LogP contribution in [0.1, 0.15) is 37.7 Å². The fourth-order valence-corrected chi connectivity index (χ4v) is 2.33. The highest BCUT2D eigenvalue weighted by Crippen LogP contribution is 2.12. The number of benzene rings is 1. The Morgan fingerprint density at radius 3 is 2.48 bits per heavy atom. The van der Waals surface area contributed by atoms with Gasteiger partial charge in [0.15, 0.2) is 0 Å². The average Bonchev–Trinajstić information content (AvgIpc) is 2.54. The highest BCUT2D eigenvalue weighted by Gasteiger charge is 1.95. The van der Waals surface area contributed by atoms with E-state index in [2.05, 4.69) is 29.3 Å². The molecule has 23 heavy (non-hydrogen) atoms. The molecule has 0 aromatic heterocycles. The highest BCUT2D eigenvalue weighted by molar-refractivity contribution is 5.26. The minimum absolute atomic E-state index is 0.817. The lowest BCUT2D eigenvalue weighted by atomic mass is 10.2. The predicted octanol–water partition coefficient (Wildman–Crippen LogP) is 3.28. The Morgan fingerprint density at radius 2 is 1.74 bits per heavy atom. The fraction of sp³-hybridized carbons (Fsp3) is 0.579. The molecule has 0 saturated heterocycles. The van der Waals surface area contributed by atoms with E-state index in [1.807, 2.05) is 25.4 Å². The van der Waals surface area contributed by atoms with Crippen LogP contribution in [0.25, 0.3) is 0 Å². The minimum Gasteiger partial charge on any atom is -0.494 e. The number of hydrogen-bond donors (Lipinski definition) is 2. The third-order valence-electron chi connectivity index (χ3n) is 3.74. The number of nitrogens with zero attached hydrogens (tertiary/aromatic N) is 1. The number of rotatable bonds is 13. The number of hydrogen-bond acceptors (Lipinski definition) is 4. The van der Waals surface area contributed by atoms with Crippen molar-refractivity contribution in [1.29, 1.82) is 0 Å². The van der Waals surface area contributed by atoms with E-state index in [0.29, 0.717) is 0 Å². The second kappa shape index (κ2) is 12.8. The van der Waals surface area contributed by atoms with Crippen LogP contribution in [0.2, 0.25) is 0 Å². The lowest BCUT2D eigenvalue weighted by Gasteiger charge is -2.13. The van der Waals surface area contributed by atoms with Crippen molar-refractivity contribution in [2.45, 2.75) is 39.0 Å². The first-order chi connectivity index (χ1) is 11.2. The molecule has 4 nitrogen and oxygen atoms in total. The molecule has 0 aliphatic heterocycles. The van der Waals surface area contributed by atoms with Crippen molar-refractivity contribution in [3.63, 3.8) is 0 Å². The van der Waals surface area contributed by atoms with Crippen LogP contribution >= 0.6 is 0 Å². The summed E-state index contributed by atoms with van der Waals surface area (Å²) in [5.41, 5.74) is 6.61. The summed E-state index contributed by atoms with van der Waals surface area (Å²) in [6, 6.07) is 8.26. The Bertz CT molecular complexity index is 417. The number of nitrogens with one attached hydrogen (secondary N) is 1. The maximum absolute atomic E-state index is 5.73. The summed E-state index contributed by atoms with van der Waals surface area (Å²) in [7, 11) is 2.04. The second-order valence-electron chi connectivity index (χ2n) is 6.00. The number of aryl methyl sites for hydroxylation is 1. The van der Waals surface area contributed by atoms with E-state index >= 15 is 0 Å². The molecule has 0 unspecified atom stereocenters. The van der Waals surface area contributed by atoms with Gasteiger partial charge in [-0.25, -0.2) is 0 Å². The Balaban J connectivity index is 1.84. The molecule has 0 spiro atoms. The van der Waals surface area contributed by atoms with Gasteiger partial charge in [0.25, 0.3) is 0 Å². The van der Waals surface area contributed by atoms with Crippen LogP contribution in [0.4, 0.5) is 0 Å². The zero-order valence-electron chi connectivity index (χ0n) is 14.8. The summed E-state index contributed by atoms with van der Waals surface area (Å²) in [5.74, 6) is 0.978. The summed E-state index contributed by atoms with van der Waals surface area (Å²) < 4.78 is 5.73. The molecule has 0 aliphatic rings. The quantitative estimate of drug-likeness (QED) is 0.548. The summed E-state index contributed by atoms with van der Waals surface area (Å²) in [4.78, 5) is 2.11. The van der Waals surface area contributed by atoms with Gasteiger partial charge in [-0.15, -0.1) is 0 Å². The van der Waals surface area contributed by atoms with Crippen LogP contribution in [-0.2, 0) is 0 Å². The second-order valence-corrected chi connectivity index (χ2v) is 6.00. The van der Waals surface area contributed by atoms with E-state index < -0.39 is 0 Å². The Morgan fingerprint density at radius 1 is 1.04 bits per heavy atom. The van der Waals surface area contributed by atoms with Gasteiger partial charge >= 0.3 is 0 Å². The largest absolute Gasteiger partial charge is 0.494 e. The topological polar surface area (TPSA) is 50.5 Å². The van der Waals surface area contributed by atoms with Crippen molar-refractivity contribution in [2.24, 2.45) is 5.73 Å². The third kappa shape index (κ3) is 10.6. The molecule has 0 bridgehead atoms. The van der Waals surface area contributed by atoms with Crippen molar-refractivity contribution < 1.29 is 4.74 Å². The molecule has 0 fully saturated rings. The zero-order valence-corrected chi connectivity index (χ0v) is 14.8. The first kappa shape index (κ1) is 19.4. The lowest BCUT2D eigenvalue weighted by Crippen LogP contribution is -2.21. The van der Waals surface area contributed by atoms with Gasteiger partial charge in [-0.2, -0.15) is 0 Å². The molecular weight excluding hydrogens is 286 g/mol. The molecule has 3 N–H and O–H groups in total. The Hall–Kier alpha value is -1.68. The molecule has 0 saturated carbocycles. The Kier molecular flexibility index (Phi) is 10.8. The van der Waals surface area contributed by atoms with Gasteiger partial charge in [-0.1, -0.05) is 30.5 Å². The van der Waals surface area contributed by atoms with Gasteiger partial charge < -0.3 is 20.7 Å². The maximum Gasteiger partial charge on any atom is 0.119 e. The third-order valence-corrected chi connectivity index (χ3v) is 3.74. The normalized spacial score (nSPS) is 11.0. The van der Waals surface area contributed by atoms with Gasteiger partial charge in [0.2, 0.25) is 0 Å². The zero-order chi connectivity index (χ0) is 16.8. The van der Waals surface area contributed by atoms with Crippen LogP contribution in [0.5, 0.6) is 5.75 Å². The molecular formula is C19H33N3O. The van der Waals surface area contributed by atoms with Crippen molar-refractivity contribution >= 4 is 0 Å².